The molecule has 1 aliphatic heterocycles. The number of aromatic hydroxyl groups is 1. The van der Waals surface area contributed by atoms with Gasteiger partial charge in [0.15, 0.2) is 0 Å². The van der Waals surface area contributed by atoms with Gasteiger partial charge < -0.3 is 10.1 Å². The van der Waals surface area contributed by atoms with Crippen LogP contribution in [0.3, 0.4) is 0 Å². The van der Waals surface area contributed by atoms with Crippen molar-refractivity contribution in [2.75, 3.05) is 6.54 Å². The van der Waals surface area contributed by atoms with Crippen molar-refractivity contribution in [2.45, 2.75) is 52.6 Å². The summed E-state index contributed by atoms with van der Waals surface area (Å²) in [6, 6.07) is 5.65. The van der Waals surface area contributed by atoms with E-state index in [1.165, 1.54) is 0 Å². The molecule has 0 spiro atoms. The summed E-state index contributed by atoms with van der Waals surface area (Å²) in [6.45, 7) is 10.2. The molecular weight excluding hydrogens is 302 g/mol. The zero-order valence-corrected chi connectivity index (χ0v) is 14.8. The standard InChI is InChI=1S/C19H25N3O2/c1-12-5-6-16(23)13(9-12)10-22-8-7-14-15(11-22)20-18(19(2,3)4)21-17(14)24/h5-6,9,23H,7-8,10-11H2,1-4H3,(H,20,21,24). The number of nitrogens with one attached hydrogen (secondary N) is 1. The Kier molecular flexibility index (Phi) is 4.22. The molecule has 1 aromatic heterocycles. The second-order valence-electron chi connectivity index (χ2n) is 7.68. The summed E-state index contributed by atoms with van der Waals surface area (Å²) in [4.78, 5) is 22.2. The molecule has 0 saturated carbocycles. The fraction of sp³-hybridized carbons (Fsp3) is 0.474. The lowest BCUT2D eigenvalue weighted by atomic mass is 9.95. The van der Waals surface area contributed by atoms with E-state index < -0.39 is 0 Å². The maximum absolute atomic E-state index is 12.3. The normalized spacial score (nSPS) is 15.3. The van der Waals surface area contributed by atoms with Gasteiger partial charge in [-0.3, -0.25) is 9.69 Å². The van der Waals surface area contributed by atoms with E-state index in [0.717, 1.165) is 34.8 Å². The fourth-order valence-corrected chi connectivity index (χ4v) is 3.07. The second kappa shape index (κ2) is 6.06. The predicted molar refractivity (Wildman–Crippen MR) is 94.2 cm³/mol. The largest absolute Gasteiger partial charge is 0.508 e. The first-order valence-corrected chi connectivity index (χ1v) is 8.37. The number of benzene rings is 1. The molecule has 0 bridgehead atoms. The van der Waals surface area contributed by atoms with E-state index in [-0.39, 0.29) is 11.0 Å². The molecule has 0 aliphatic carbocycles. The maximum atomic E-state index is 12.3. The van der Waals surface area contributed by atoms with E-state index in [0.29, 0.717) is 25.3 Å². The average molecular weight is 327 g/mol. The third-order valence-electron chi connectivity index (χ3n) is 4.49. The van der Waals surface area contributed by atoms with Gasteiger partial charge in [0.25, 0.3) is 5.56 Å². The summed E-state index contributed by atoms with van der Waals surface area (Å²) in [5.74, 6) is 1.05. The van der Waals surface area contributed by atoms with E-state index in [2.05, 4.69) is 9.88 Å². The Hall–Kier alpha value is -2.14. The number of rotatable bonds is 2. The number of phenolic OH excluding ortho intramolecular Hbond substituents is 1. The molecule has 128 valence electrons. The third-order valence-corrected chi connectivity index (χ3v) is 4.49. The highest BCUT2D eigenvalue weighted by Gasteiger charge is 2.25. The van der Waals surface area contributed by atoms with Gasteiger partial charge in [-0.25, -0.2) is 4.98 Å². The SMILES string of the molecule is Cc1ccc(O)c(CN2CCc3c(nc(C(C)(C)C)[nH]c3=O)C2)c1. The molecule has 5 nitrogen and oxygen atoms in total. The van der Waals surface area contributed by atoms with Crippen molar-refractivity contribution >= 4 is 0 Å². The first-order chi connectivity index (χ1) is 11.2. The monoisotopic (exact) mass is 327 g/mol. The van der Waals surface area contributed by atoms with Gasteiger partial charge in [-0.05, 0) is 19.4 Å². The van der Waals surface area contributed by atoms with Crippen molar-refractivity contribution in [1.29, 1.82) is 0 Å². The quantitative estimate of drug-likeness (QED) is 0.890. The molecule has 2 heterocycles. The van der Waals surface area contributed by atoms with Crippen molar-refractivity contribution in [2.24, 2.45) is 0 Å². The molecular formula is C19H25N3O2. The second-order valence-corrected chi connectivity index (χ2v) is 7.68. The van der Waals surface area contributed by atoms with Gasteiger partial charge >= 0.3 is 0 Å². The Morgan fingerprint density at radius 2 is 2.08 bits per heavy atom. The van der Waals surface area contributed by atoms with Crippen LogP contribution in [0.4, 0.5) is 0 Å². The summed E-state index contributed by atoms with van der Waals surface area (Å²) >= 11 is 0. The minimum atomic E-state index is -0.189. The minimum Gasteiger partial charge on any atom is -0.508 e. The number of nitrogens with zero attached hydrogens (tertiary/aromatic N) is 2. The van der Waals surface area contributed by atoms with E-state index in [9.17, 15) is 9.90 Å². The summed E-state index contributed by atoms with van der Waals surface area (Å²) in [5.41, 5.74) is 3.51. The van der Waals surface area contributed by atoms with Crippen LogP contribution in [0.25, 0.3) is 0 Å². The Balaban J connectivity index is 1.87. The summed E-state index contributed by atoms with van der Waals surface area (Å²) in [6.07, 6.45) is 0.689. The number of aromatic nitrogens is 2. The van der Waals surface area contributed by atoms with Gasteiger partial charge in [-0.2, -0.15) is 0 Å². The van der Waals surface area contributed by atoms with Crippen LogP contribution in [-0.2, 0) is 24.9 Å². The molecule has 3 rings (SSSR count). The molecule has 0 amide bonds. The molecule has 5 heteroatoms. The topological polar surface area (TPSA) is 69.2 Å². The Bertz CT molecular complexity index is 818. The fourth-order valence-electron chi connectivity index (χ4n) is 3.07. The molecule has 0 unspecified atom stereocenters. The average Bonchev–Trinajstić information content (AvgIpc) is 2.49. The molecule has 0 atom stereocenters. The number of fused-ring (bicyclic) bond motifs is 1. The van der Waals surface area contributed by atoms with E-state index >= 15 is 0 Å². The molecule has 2 aromatic rings. The van der Waals surface area contributed by atoms with Crippen molar-refractivity contribution in [3.8, 4) is 5.75 Å². The highest BCUT2D eigenvalue weighted by atomic mass is 16.3. The van der Waals surface area contributed by atoms with E-state index in [1.54, 1.807) is 6.07 Å². The van der Waals surface area contributed by atoms with Crippen LogP contribution >= 0.6 is 0 Å². The van der Waals surface area contributed by atoms with Crippen LogP contribution in [0.5, 0.6) is 5.75 Å². The zero-order valence-electron chi connectivity index (χ0n) is 14.8. The van der Waals surface area contributed by atoms with Crippen molar-refractivity contribution in [3.05, 3.63) is 56.8 Å². The van der Waals surface area contributed by atoms with Crippen molar-refractivity contribution < 1.29 is 5.11 Å². The summed E-state index contributed by atoms with van der Waals surface area (Å²) in [7, 11) is 0. The molecule has 2 N–H and O–H groups in total. The third kappa shape index (κ3) is 3.36. The van der Waals surface area contributed by atoms with Crippen LogP contribution in [-0.4, -0.2) is 26.5 Å². The van der Waals surface area contributed by atoms with Gasteiger partial charge in [-0.1, -0.05) is 38.5 Å². The molecule has 0 saturated heterocycles. The maximum Gasteiger partial charge on any atom is 0.254 e. The smallest absolute Gasteiger partial charge is 0.254 e. The van der Waals surface area contributed by atoms with Gasteiger partial charge in [0.1, 0.15) is 11.6 Å². The van der Waals surface area contributed by atoms with Crippen LogP contribution < -0.4 is 5.56 Å². The van der Waals surface area contributed by atoms with Gasteiger partial charge in [-0.15, -0.1) is 0 Å². The lowest BCUT2D eigenvalue weighted by molar-refractivity contribution is 0.236. The molecule has 0 radical (unpaired) electrons. The van der Waals surface area contributed by atoms with E-state index in [1.807, 2.05) is 39.8 Å². The Morgan fingerprint density at radius 3 is 2.79 bits per heavy atom. The Morgan fingerprint density at radius 1 is 1.33 bits per heavy atom. The van der Waals surface area contributed by atoms with Crippen LogP contribution in [0.1, 0.15) is 49.0 Å². The first kappa shape index (κ1) is 16.7. The first-order valence-electron chi connectivity index (χ1n) is 8.37. The molecule has 1 aliphatic rings. The predicted octanol–water partition coefficient (Wildman–Crippen LogP) is 2.64. The van der Waals surface area contributed by atoms with Gasteiger partial charge in [0.05, 0.1) is 5.69 Å². The lowest BCUT2D eigenvalue weighted by Gasteiger charge is -2.29. The van der Waals surface area contributed by atoms with Crippen molar-refractivity contribution in [1.82, 2.24) is 14.9 Å². The van der Waals surface area contributed by atoms with Crippen LogP contribution in [0.2, 0.25) is 0 Å². The van der Waals surface area contributed by atoms with Crippen molar-refractivity contribution in [3.63, 3.8) is 0 Å². The minimum absolute atomic E-state index is 0.0111. The van der Waals surface area contributed by atoms with Crippen LogP contribution in [0, 0.1) is 6.92 Å². The molecule has 0 fully saturated rings. The molecule has 24 heavy (non-hydrogen) atoms. The Labute approximate surface area is 142 Å². The van der Waals surface area contributed by atoms with Gasteiger partial charge in [0.2, 0.25) is 0 Å². The zero-order chi connectivity index (χ0) is 17.5. The number of phenols is 1. The van der Waals surface area contributed by atoms with Gasteiger partial charge in [0, 0.05) is 36.2 Å². The highest BCUT2D eigenvalue weighted by molar-refractivity contribution is 5.36. The number of hydrogen-bond acceptors (Lipinski definition) is 4. The number of aryl methyl sites for hydroxylation is 1. The lowest BCUT2D eigenvalue weighted by Crippen LogP contribution is -2.36. The summed E-state index contributed by atoms with van der Waals surface area (Å²) in [5, 5.41) is 10.1. The molecule has 1 aromatic carbocycles. The van der Waals surface area contributed by atoms with E-state index in [4.69, 9.17) is 4.98 Å². The number of H-pyrrole nitrogens is 1. The number of aromatic amines is 1. The number of hydrogen-bond donors (Lipinski definition) is 2. The summed E-state index contributed by atoms with van der Waals surface area (Å²) < 4.78 is 0. The van der Waals surface area contributed by atoms with Crippen LogP contribution in [0.15, 0.2) is 23.0 Å². The highest BCUT2D eigenvalue weighted by Crippen LogP contribution is 2.24.